The molecule has 0 rings (SSSR count). The van der Waals surface area contributed by atoms with E-state index in [1.54, 1.807) is 0 Å². The van der Waals surface area contributed by atoms with Gasteiger partial charge in [0.25, 0.3) is 0 Å². The van der Waals surface area contributed by atoms with Gasteiger partial charge in [0.05, 0.1) is 0 Å². The quantitative estimate of drug-likeness (QED) is 0.452. The van der Waals surface area contributed by atoms with Crippen molar-refractivity contribution in [2.45, 2.75) is 19.8 Å². The van der Waals surface area contributed by atoms with Crippen LogP contribution in [0.25, 0.3) is 0 Å². The molecule has 0 aliphatic heterocycles. The number of hydrogen-bond acceptors (Lipinski definition) is 4. The summed E-state index contributed by atoms with van der Waals surface area (Å²) in [6.07, 6.45) is -0.153. The van der Waals surface area contributed by atoms with Crippen molar-refractivity contribution < 1.29 is 19.8 Å². The second-order valence-electron chi connectivity index (χ2n) is 2.13. The van der Waals surface area contributed by atoms with Gasteiger partial charge in [-0.15, -0.1) is 0 Å². The van der Waals surface area contributed by atoms with E-state index < -0.39 is 17.9 Å². The lowest BCUT2D eigenvalue weighted by Crippen LogP contribution is -2.31. The minimum Gasteiger partial charge on any atom is -0.550 e. The van der Waals surface area contributed by atoms with Gasteiger partial charge in [0.2, 0.25) is 0 Å². The summed E-state index contributed by atoms with van der Waals surface area (Å²) in [5.41, 5.74) is 0. The Morgan fingerprint density at radius 2 is 1.90 bits per heavy atom. The van der Waals surface area contributed by atoms with E-state index >= 15 is 0 Å². The minimum absolute atomic E-state index is 0.0741. The Hall–Kier alpha value is -1.06. The Labute approximate surface area is 58.5 Å². The zero-order valence-electron chi connectivity index (χ0n) is 5.62. The first-order valence-electron chi connectivity index (χ1n) is 2.94. The van der Waals surface area contributed by atoms with Gasteiger partial charge < -0.3 is 19.8 Å². The van der Waals surface area contributed by atoms with E-state index in [9.17, 15) is 19.8 Å². The predicted octanol–water partition coefficient (Wildman–Crippen LogP) is -2.10. The Morgan fingerprint density at radius 1 is 1.40 bits per heavy atom. The number of carbonyl (C=O) groups is 2. The number of aliphatic carboxylic acids is 2. The van der Waals surface area contributed by atoms with Crippen LogP contribution in [0.4, 0.5) is 0 Å². The lowest BCUT2D eigenvalue weighted by molar-refractivity contribution is -0.312. The molecule has 0 aromatic rings. The Bertz CT molecular complexity index is 141. The molecule has 58 valence electrons. The molecule has 0 aromatic carbocycles. The monoisotopic (exact) mass is 144 g/mol. The third-order valence-corrected chi connectivity index (χ3v) is 1.18. The van der Waals surface area contributed by atoms with Crippen LogP contribution in [0.1, 0.15) is 19.8 Å². The Balaban J connectivity index is 3.49. The van der Waals surface area contributed by atoms with E-state index in [4.69, 9.17) is 0 Å². The van der Waals surface area contributed by atoms with Crippen molar-refractivity contribution in [3.63, 3.8) is 0 Å². The molecular weight excluding hydrogens is 136 g/mol. The molecule has 0 aliphatic rings. The van der Waals surface area contributed by atoms with Crippen LogP contribution in [0.5, 0.6) is 0 Å². The van der Waals surface area contributed by atoms with Crippen LogP contribution in [0.15, 0.2) is 0 Å². The summed E-state index contributed by atoms with van der Waals surface area (Å²) in [6, 6.07) is 0. The van der Waals surface area contributed by atoms with Crippen molar-refractivity contribution in [3.05, 3.63) is 0 Å². The van der Waals surface area contributed by atoms with E-state index in [1.165, 1.54) is 6.92 Å². The maximum Gasteiger partial charge on any atom is 0.0442 e. The normalized spacial score (nSPS) is 12.5. The van der Waals surface area contributed by atoms with Gasteiger partial charge in [-0.3, -0.25) is 0 Å². The number of rotatable bonds is 4. The first-order chi connectivity index (χ1) is 4.54. The molecule has 0 aromatic heterocycles. The molecule has 0 radical (unpaired) electrons. The summed E-state index contributed by atoms with van der Waals surface area (Å²) in [5.74, 6) is -3.16. The number of hydrogen-bond donors (Lipinski definition) is 0. The predicted molar refractivity (Wildman–Crippen MR) is 28.4 cm³/mol. The number of carbonyl (C=O) groups excluding carboxylic acids is 2. The molecule has 10 heavy (non-hydrogen) atoms. The van der Waals surface area contributed by atoms with Gasteiger partial charge in [-0.25, -0.2) is 0 Å². The van der Waals surface area contributed by atoms with Crippen molar-refractivity contribution >= 4 is 11.9 Å². The molecule has 0 bridgehead atoms. The van der Waals surface area contributed by atoms with E-state index in [0.717, 1.165) is 0 Å². The zero-order chi connectivity index (χ0) is 8.15. The topological polar surface area (TPSA) is 80.3 Å². The summed E-state index contributed by atoms with van der Waals surface area (Å²) >= 11 is 0. The average Bonchev–Trinajstić information content (AvgIpc) is 1.82. The van der Waals surface area contributed by atoms with Gasteiger partial charge in [0.1, 0.15) is 0 Å². The van der Waals surface area contributed by atoms with Crippen LogP contribution in [-0.4, -0.2) is 11.9 Å². The SMILES string of the molecule is C[C@H](CCC(=O)[O-])C(=O)[O-]. The summed E-state index contributed by atoms with van der Waals surface area (Å²) in [4.78, 5) is 19.8. The first-order valence-corrected chi connectivity index (χ1v) is 2.94. The molecular formula is C6H8O4-2. The fraction of sp³-hybridized carbons (Fsp3) is 0.667. The number of carboxylic acid groups (broad SMARTS) is 2. The van der Waals surface area contributed by atoms with Gasteiger partial charge >= 0.3 is 0 Å². The highest BCUT2D eigenvalue weighted by Gasteiger charge is 2.01. The molecule has 0 amide bonds. The van der Waals surface area contributed by atoms with E-state index in [-0.39, 0.29) is 12.8 Å². The lowest BCUT2D eigenvalue weighted by atomic mass is 10.1. The van der Waals surface area contributed by atoms with Gasteiger partial charge in [0.15, 0.2) is 0 Å². The van der Waals surface area contributed by atoms with E-state index in [2.05, 4.69) is 0 Å². The fourth-order valence-corrected chi connectivity index (χ4v) is 0.452. The highest BCUT2D eigenvalue weighted by atomic mass is 16.4. The van der Waals surface area contributed by atoms with Crippen molar-refractivity contribution in [2.75, 3.05) is 0 Å². The zero-order valence-corrected chi connectivity index (χ0v) is 5.62. The molecule has 1 atom stereocenters. The molecule has 0 heterocycles. The van der Waals surface area contributed by atoms with Gasteiger partial charge in [0, 0.05) is 11.9 Å². The van der Waals surface area contributed by atoms with Crippen molar-refractivity contribution in [1.82, 2.24) is 0 Å². The van der Waals surface area contributed by atoms with Gasteiger partial charge in [-0.1, -0.05) is 6.92 Å². The highest BCUT2D eigenvalue weighted by Crippen LogP contribution is 2.02. The van der Waals surface area contributed by atoms with Crippen LogP contribution >= 0.6 is 0 Å². The molecule has 0 N–H and O–H groups in total. The average molecular weight is 144 g/mol. The highest BCUT2D eigenvalue weighted by molar-refractivity contribution is 5.69. The molecule has 4 heteroatoms. The molecule has 0 unspecified atom stereocenters. The molecule has 0 spiro atoms. The largest absolute Gasteiger partial charge is 0.550 e. The smallest absolute Gasteiger partial charge is 0.0442 e. The lowest BCUT2D eigenvalue weighted by Gasteiger charge is -2.11. The van der Waals surface area contributed by atoms with Crippen LogP contribution in [0, 0.1) is 5.92 Å². The van der Waals surface area contributed by atoms with Crippen molar-refractivity contribution in [1.29, 1.82) is 0 Å². The van der Waals surface area contributed by atoms with Gasteiger partial charge in [-0.05, 0) is 18.8 Å². The van der Waals surface area contributed by atoms with E-state index in [1.807, 2.05) is 0 Å². The van der Waals surface area contributed by atoms with Gasteiger partial charge in [-0.2, -0.15) is 0 Å². The summed E-state index contributed by atoms with van der Waals surface area (Å²) in [5, 5.41) is 19.8. The summed E-state index contributed by atoms with van der Waals surface area (Å²) < 4.78 is 0. The van der Waals surface area contributed by atoms with Crippen LogP contribution in [0.2, 0.25) is 0 Å². The molecule has 0 saturated carbocycles. The first kappa shape index (κ1) is 8.94. The third kappa shape index (κ3) is 3.88. The third-order valence-electron chi connectivity index (χ3n) is 1.18. The molecule has 4 nitrogen and oxygen atoms in total. The van der Waals surface area contributed by atoms with Crippen molar-refractivity contribution in [2.24, 2.45) is 5.92 Å². The molecule has 0 saturated heterocycles. The van der Waals surface area contributed by atoms with E-state index in [0.29, 0.717) is 0 Å². The molecule has 0 aliphatic carbocycles. The molecule has 0 fully saturated rings. The second-order valence-corrected chi connectivity index (χ2v) is 2.13. The second kappa shape index (κ2) is 3.87. The maximum absolute atomic E-state index is 9.99. The summed E-state index contributed by atoms with van der Waals surface area (Å²) in [7, 11) is 0. The van der Waals surface area contributed by atoms with Crippen molar-refractivity contribution in [3.8, 4) is 0 Å². The maximum atomic E-state index is 9.99. The Morgan fingerprint density at radius 3 is 2.20 bits per heavy atom. The standard InChI is InChI=1S/C6H10O4/c1-4(6(9)10)2-3-5(7)8/h4H,2-3H2,1H3,(H,7,8)(H,9,10)/p-2/t4-/m1/s1. The number of carboxylic acids is 2. The van der Waals surface area contributed by atoms with Crippen LogP contribution in [-0.2, 0) is 9.59 Å². The Kier molecular flexibility index (Phi) is 3.46. The minimum atomic E-state index is -1.23. The fourth-order valence-electron chi connectivity index (χ4n) is 0.452. The van der Waals surface area contributed by atoms with Crippen LogP contribution < -0.4 is 10.2 Å². The summed E-state index contributed by atoms with van der Waals surface area (Å²) in [6.45, 7) is 1.40. The van der Waals surface area contributed by atoms with Crippen LogP contribution in [0.3, 0.4) is 0 Å².